The van der Waals surface area contributed by atoms with Gasteiger partial charge >= 0.3 is 0 Å². The summed E-state index contributed by atoms with van der Waals surface area (Å²) in [5.41, 5.74) is 0.470. The van der Waals surface area contributed by atoms with E-state index in [1.54, 1.807) is 19.9 Å². The van der Waals surface area contributed by atoms with Gasteiger partial charge < -0.3 is 9.47 Å². The Morgan fingerprint density at radius 3 is 2.24 bits per heavy atom. The highest BCUT2D eigenvalue weighted by molar-refractivity contribution is 7.90. The van der Waals surface area contributed by atoms with Gasteiger partial charge in [0.25, 0.3) is 10.0 Å². The number of benzene rings is 1. The first-order chi connectivity index (χ1) is 9.76. The van der Waals surface area contributed by atoms with E-state index in [4.69, 9.17) is 9.47 Å². The van der Waals surface area contributed by atoms with Gasteiger partial charge in [-0.1, -0.05) is 13.8 Å². The summed E-state index contributed by atoms with van der Waals surface area (Å²) >= 11 is 0. The van der Waals surface area contributed by atoms with Crippen molar-refractivity contribution in [1.29, 1.82) is 0 Å². The first-order valence-corrected chi connectivity index (χ1v) is 8.04. The molecule has 0 fully saturated rings. The van der Waals surface area contributed by atoms with Gasteiger partial charge in [0, 0.05) is 12.0 Å². The van der Waals surface area contributed by atoms with Crippen LogP contribution in [0.5, 0.6) is 11.5 Å². The summed E-state index contributed by atoms with van der Waals surface area (Å²) < 4.78 is 36.9. The van der Waals surface area contributed by atoms with Crippen LogP contribution in [-0.2, 0) is 14.8 Å². The number of hydrogen-bond acceptors (Lipinski definition) is 5. The molecule has 1 atom stereocenters. The molecule has 1 rings (SSSR count). The maximum absolute atomic E-state index is 12.3. The van der Waals surface area contributed by atoms with Crippen LogP contribution in [0.1, 0.15) is 25.8 Å². The van der Waals surface area contributed by atoms with Gasteiger partial charge in [-0.3, -0.25) is 4.79 Å². The van der Waals surface area contributed by atoms with Gasteiger partial charge in [0.05, 0.1) is 19.1 Å². The number of hydrogen-bond donors (Lipinski definition) is 1. The third-order valence-corrected chi connectivity index (χ3v) is 4.75. The van der Waals surface area contributed by atoms with Crippen molar-refractivity contribution in [2.75, 3.05) is 14.2 Å². The van der Waals surface area contributed by atoms with Crippen LogP contribution in [0, 0.1) is 12.8 Å². The predicted molar refractivity (Wildman–Crippen MR) is 79.1 cm³/mol. The van der Waals surface area contributed by atoms with Crippen LogP contribution in [0.2, 0.25) is 0 Å². The van der Waals surface area contributed by atoms with Gasteiger partial charge in [0.2, 0.25) is 5.91 Å². The number of ether oxygens (including phenoxy) is 2. The maximum Gasteiger partial charge on any atom is 0.264 e. The number of carbonyl (C=O) groups is 1. The molecule has 1 aromatic carbocycles. The molecule has 1 aromatic rings. The zero-order valence-electron chi connectivity index (χ0n) is 12.9. The van der Waals surface area contributed by atoms with Gasteiger partial charge in [0.1, 0.15) is 0 Å². The van der Waals surface area contributed by atoms with E-state index in [0.29, 0.717) is 23.5 Å². The summed E-state index contributed by atoms with van der Waals surface area (Å²) in [4.78, 5) is 11.8. The van der Waals surface area contributed by atoms with Crippen molar-refractivity contribution >= 4 is 15.9 Å². The topological polar surface area (TPSA) is 81.7 Å². The highest BCUT2D eigenvalue weighted by Gasteiger charge is 2.24. The monoisotopic (exact) mass is 315 g/mol. The van der Waals surface area contributed by atoms with E-state index in [1.165, 1.54) is 20.3 Å². The molecule has 1 amide bonds. The minimum absolute atomic E-state index is 0.00296. The van der Waals surface area contributed by atoms with Gasteiger partial charge in [0.15, 0.2) is 11.5 Å². The van der Waals surface area contributed by atoms with Crippen LogP contribution in [0.3, 0.4) is 0 Å². The zero-order valence-corrected chi connectivity index (χ0v) is 13.7. The number of rotatable bonds is 6. The van der Waals surface area contributed by atoms with Crippen molar-refractivity contribution in [3.05, 3.63) is 17.7 Å². The Morgan fingerprint density at radius 2 is 1.76 bits per heavy atom. The number of carbonyl (C=O) groups excluding carboxylic acids is 1. The van der Waals surface area contributed by atoms with E-state index in [9.17, 15) is 13.2 Å². The second-order valence-electron chi connectivity index (χ2n) is 4.75. The molecule has 21 heavy (non-hydrogen) atoms. The fourth-order valence-electron chi connectivity index (χ4n) is 1.72. The Kier molecular flexibility index (Phi) is 5.60. The van der Waals surface area contributed by atoms with Gasteiger partial charge in [-0.05, 0) is 25.0 Å². The molecule has 0 saturated heterocycles. The molecule has 0 aliphatic rings. The van der Waals surface area contributed by atoms with E-state index in [1.807, 2.05) is 6.92 Å². The molecule has 0 heterocycles. The van der Waals surface area contributed by atoms with Crippen LogP contribution in [0.25, 0.3) is 0 Å². The summed E-state index contributed by atoms with van der Waals surface area (Å²) in [7, 11) is -1.05. The Morgan fingerprint density at radius 1 is 1.24 bits per heavy atom. The normalized spacial score (nSPS) is 12.6. The molecule has 118 valence electrons. The molecule has 0 aliphatic heterocycles. The van der Waals surface area contributed by atoms with Crippen LogP contribution in [0.15, 0.2) is 17.0 Å². The van der Waals surface area contributed by atoms with E-state index < -0.39 is 15.9 Å². The lowest BCUT2D eigenvalue weighted by Crippen LogP contribution is -2.34. The van der Waals surface area contributed by atoms with Crippen molar-refractivity contribution in [3.63, 3.8) is 0 Å². The van der Waals surface area contributed by atoms with E-state index >= 15 is 0 Å². The molecule has 6 nitrogen and oxygen atoms in total. The Hall–Kier alpha value is -1.76. The summed E-state index contributed by atoms with van der Waals surface area (Å²) in [5.74, 6) is -0.173. The molecular weight excluding hydrogens is 294 g/mol. The second kappa shape index (κ2) is 6.80. The Balaban J connectivity index is 3.23. The van der Waals surface area contributed by atoms with Crippen LogP contribution >= 0.6 is 0 Å². The molecule has 0 spiro atoms. The molecule has 0 radical (unpaired) electrons. The molecule has 0 bridgehead atoms. The smallest absolute Gasteiger partial charge is 0.264 e. The van der Waals surface area contributed by atoms with Gasteiger partial charge in [-0.2, -0.15) is 0 Å². The third-order valence-electron chi connectivity index (χ3n) is 3.27. The third kappa shape index (κ3) is 3.87. The van der Waals surface area contributed by atoms with Crippen molar-refractivity contribution < 1.29 is 22.7 Å². The average molecular weight is 315 g/mol. The average Bonchev–Trinajstić information content (AvgIpc) is 2.44. The number of nitrogens with one attached hydrogen (secondary N) is 1. The minimum atomic E-state index is -3.94. The lowest BCUT2D eigenvalue weighted by molar-refractivity contribution is -0.122. The second-order valence-corrected chi connectivity index (χ2v) is 6.40. The summed E-state index contributed by atoms with van der Waals surface area (Å²) in [5, 5.41) is 0. The first kappa shape index (κ1) is 17.3. The Labute approximate surface area is 125 Å². The molecule has 1 N–H and O–H groups in total. The van der Waals surface area contributed by atoms with Gasteiger partial charge in [-0.25, -0.2) is 13.1 Å². The molecule has 0 saturated carbocycles. The largest absolute Gasteiger partial charge is 0.493 e. The fraction of sp³-hybridized carbons (Fsp3) is 0.500. The molecule has 1 unspecified atom stereocenters. The van der Waals surface area contributed by atoms with E-state index in [2.05, 4.69) is 4.72 Å². The number of sulfonamides is 1. The number of amides is 1. The quantitative estimate of drug-likeness (QED) is 0.866. The fourth-order valence-corrected chi connectivity index (χ4v) is 3.05. The lowest BCUT2D eigenvalue weighted by Gasteiger charge is -2.15. The molecule has 0 aromatic heterocycles. The van der Waals surface area contributed by atoms with Crippen molar-refractivity contribution in [2.45, 2.75) is 32.1 Å². The highest BCUT2D eigenvalue weighted by Crippen LogP contribution is 2.32. The maximum atomic E-state index is 12.3. The van der Waals surface area contributed by atoms with E-state index in [-0.39, 0.29) is 10.8 Å². The molecule has 7 heteroatoms. The van der Waals surface area contributed by atoms with Crippen LogP contribution in [0.4, 0.5) is 0 Å². The van der Waals surface area contributed by atoms with Gasteiger partial charge in [-0.15, -0.1) is 0 Å². The Bertz CT molecular complexity index is 624. The molecular formula is C14H21NO5S. The van der Waals surface area contributed by atoms with Crippen molar-refractivity contribution in [2.24, 2.45) is 5.92 Å². The standard InChI is InChI=1S/C14H21NO5S/c1-6-9(2)14(16)15-21(17,18)13-8-12(20-5)11(19-4)7-10(13)3/h7-9H,6H2,1-5H3,(H,15,16). The van der Waals surface area contributed by atoms with Crippen LogP contribution < -0.4 is 14.2 Å². The molecule has 0 aliphatic carbocycles. The zero-order chi connectivity index (χ0) is 16.2. The predicted octanol–water partition coefficient (Wildman–Crippen LogP) is 1.86. The summed E-state index contributed by atoms with van der Waals surface area (Å²) in [6.45, 7) is 5.12. The summed E-state index contributed by atoms with van der Waals surface area (Å²) in [6, 6.07) is 2.90. The SMILES string of the molecule is CCC(C)C(=O)NS(=O)(=O)c1cc(OC)c(OC)cc1C. The first-order valence-electron chi connectivity index (χ1n) is 6.56. The number of aryl methyl sites for hydroxylation is 1. The van der Waals surface area contributed by atoms with Crippen molar-refractivity contribution in [3.8, 4) is 11.5 Å². The summed E-state index contributed by atoms with van der Waals surface area (Å²) in [6.07, 6.45) is 0.562. The lowest BCUT2D eigenvalue weighted by atomic mass is 10.1. The number of methoxy groups -OCH3 is 2. The minimum Gasteiger partial charge on any atom is -0.493 e. The van der Waals surface area contributed by atoms with Crippen molar-refractivity contribution in [1.82, 2.24) is 4.72 Å². The van der Waals surface area contributed by atoms with Crippen LogP contribution in [-0.4, -0.2) is 28.5 Å². The van der Waals surface area contributed by atoms with E-state index in [0.717, 1.165) is 0 Å². The highest BCUT2D eigenvalue weighted by atomic mass is 32.2.